The Morgan fingerprint density at radius 2 is 1.65 bits per heavy atom. The van der Waals surface area contributed by atoms with Gasteiger partial charge in [-0.3, -0.25) is 9.59 Å². The molecule has 0 bridgehead atoms. The first-order valence-corrected chi connectivity index (χ1v) is 12.3. The predicted octanol–water partition coefficient (Wildman–Crippen LogP) is 5.19. The van der Waals surface area contributed by atoms with Gasteiger partial charge in [0, 0.05) is 12.1 Å². The van der Waals surface area contributed by atoms with E-state index in [9.17, 15) is 14.4 Å². The molecule has 0 heterocycles. The van der Waals surface area contributed by atoms with Crippen molar-refractivity contribution in [3.8, 4) is 0 Å². The Bertz CT molecular complexity index is 837. The van der Waals surface area contributed by atoms with Crippen molar-refractivity contribution in [2.75, 3.05) is 13.1 Å². The smallest absolute Gasteiger partial charge is 0.408 e. The molecule has 0 aromatic heterocycles. The molecule has 7 heteroatoms. The van der Waals surface area contributed by atoms with Crippen LogP contribution in [0.25, 0.3) is 0 Å². The number of rotatable bonds is 10. The van der Waals surface area contributed by atoms with Crippen LogP contribution in [0.4, 0.5) is 4.79 Å². The number of benzene rings is 1. The molecule has 3 amide bonds. The molecule has 0 saturated carbocycles. The lowest BCUT2D eigenvalue weighted by atomic mass is 9.95. The number of amides is 3. The molecule has 0 aliphatic carbocycles. The summed E-state index contributed by atoms with van der Waals surface area (Å²) >= 11 is 0. The zero-order valence-electron chi connectivity index (χ0n) is 22.6. The first kappa shape index (κ1) is 29.5. The Labute approximate surface area is 206 Å². The summed E-state index contributed by atoms with van der Waals surface area (Å²) in [5.74, 6) is -0.558. The zero-order valence-corrected chi connectivity index (χ0v) is 22.6. The van der Waals surface area contributed by atoms with Gasteiger partial charge in [-0.05, 0) is 72.9 Å². The maximum Gasteiger partial charge on any atom is 0.408 e. The van der Waals surface area contributed by atoms with Gasteiger partial charge in [0.25, 0.3) is 0 Å². The van der Waals surface area contributed by atoms with Crippen molar-refractivity contribution < 1.29 is 19.1 Å². The van der Waals surface area contributed by atoms with E-state index in [-0.39, 0.29) is 18.4 Å². The highest BCUT2D eigenvalue weighted by atomic mass is 16.6. The number of unbranched alkanes of at least 4 members (excludes halogenated alkanes) is 3. The van der Waals surface area contributed by atoms with E-state index in [0.29, 0.717) is 6.54 Å². The molecule has 0 radical (unpaired) electrons. The number of ether oxygens (including phenoxy) is 1. The van der Waals surface area contributed by atoms with Crippen molar-refractivity contribution in [3.63, 3.8) is 0 Å². The second-order valence-electron chi connectivity index (χ2n) is 11.0. The number of alkyl carbamates (subject to hydrolysis) is 1. The number of carbonyl (C=O) groups excluding carboxylic acids is 3. The van der Waals surface area contributed by atoms with Crippen LogP contribution in [0, 0.1) is 13.8 Å². The van der Waals surface area contributed by atoms with Crippen LogP contribution >= 0.6 is 0 Å². The summed E-state index contributed by atoms with van der Waals surface area (Å²) in [6.07, 6.45) is 3.20. The van der Waals surface area contributed by atoms with Crippen molar-refractivity contribution in [2.45, 2.75) is 105 Å². The third kappa shape index (κ3) is 10.6. The average molecular weight is 476 g/mol. The third-order valence-corrected chi connectivity index (χ3v) is 5.13. The lowest BCUT2D eigenvalue weighted by molar-refractivity contribution is -0.141. The molecular formula is C27H45N3O4. The quantitative estimate of drug-likeness (QED) is 0.456. The zero-order chi connectivity index (χ0) is 26.1. The second-order valence-corrected chi connectivity index (χ2v) is 11.0. The van der Waals surface area contributed by atoms with E-state index in [1.807, 2.05) is 52.8 Å². The summed E-state index contributed by atoms with van der Waals surface area (Å²) in [4.78, 5) is 40.7. The average Bonchev–Trinajstić information content (AvgIpc) is 2.67. The fourth-order valence-electron chi connectivity index (χ4n) is 3.69. The molecular weight excluding hydrogens is 430 g/mol. The minimum atomic E-state index is -0.797. The highest BCUT2D eigenvalue weighted by Gasteiger charge is 2.34. The number of nitrogens with zero attached hydrogens (tertiary/aromatic N) is 1. The highest BCUT2D eigenvalue weighted by molar-refractivity contribution is 5.91. The van der Waals surface area contributed by atoms with Crippen LogP contribution in [0.3, 0.4) is 0 Å². The van der Waals surface area contributed by atoms with Crippen molar-refractivity contribution in [1.82, 2.24) is 15.5 Å². The minimum absolute atomic E-state index is 0.236. The van der Waals surface area contributed by atoms with Crippen LogP contribution < -0.4 is 10.6 Å². The maximum atomic E-state index is 13.5. The summed E-state index contributed by atoms with van der Waals surface area (Å²) < 4.78 is 5.27. The molecule has 1 unspecified atom stereocenters. The van der Waals surface area contributed by atoms with Gasteiger partial charge < -0.3 is 20.3 Å². The molecule has 34 heavy (non-hydrogen) atoms. The number of carbonyl (C=O) groups is 3. The van der Waals surface area contributed by atoms with Gasteiger partial charge in [0.15, 0.2) is 0 Å². The minimum Gasteiger partial charge on any atom is -0.444 e. The van der Waals surface area contributed by atoms with E-state index in [0.717, 1.165) is 42.4 Å². The largest absolute Gasteiger partial charge is 0.444 e. The van der Waals surface area contributed by atoms with Gasteiger partial charge in [-0.2, -0.15) is 0 Å². The standard InChI is InChI=1S/C27H45N3O4/c1-10-11-12-13-16-30(22(31)18-28-25(33)34-27(7,8)9)23(24(32)29-26(4,5)6)21-15-14-19(2)17-20(21)3/h14-15,17,23H,10-13,16,18H2,1-9H3,(H,28,33)(H,29,32). The summed E-state index contributed by atoms with van der Waals surface area (Å²) in [6.45, 7) is 17.3. The molecule has 192 valence electrons. The van der Waals surface area contributed by atoms with E-state index in [4.69, 9.17) is 4.74 Å². The number of hydrogen-bond donors (Lipinski definition) is 2. The molecule has 0 fully saturated rings. The van der Waals surface area contributed by atoms with Gasteiger partial charge in [0.05, 0.1) is 0 Å². The van der Waals surface area contributed by atoms with E-state index in [1.165, 1.54) is 0 Å². The van der Waals surface area contributed by atoms with Gasteiger partial charge in [-0.1, -0.05) is 49.9 Å². The van der Waals surface area contributed by atoms with Gasteiger partial charge >= 0.3 is 6.09 Å². The van der Waals surface area contributed by atoms with Crippen LogP contribution in [0.1, 0.15) is 96.9 Å². The fraction of sp³-hybridized carbons (Fsp3) is 0.667. The predicted molar refractivity (Wildman–Crippen MR) is 137 cm³/mol. The summed E-state index contributed by atoms with van der Waals surface area (Å²) in [5, 5.41) is 5.60. The Kier molecular flexibility index (Phi) is 11.1. The van der Waals surface area contributed by atoms with Gasteiger partial charge in [-0.25, -0.2) is 4.79 Å². The van der Waals surface area contributed by atoms with Gasteiger partial charge in [-0.15, -0.1) is 0 Å². The molecule has 7 nitrogen and oxygen atoms in total. The van der Waals surface area contributed by atoms with E-state index >= 15 is 0 Å². The first-order chi connectivity index (χ1) is 15.6. The second kappa shape index (κ2) is 12.8. The molecule has 1 aromatic carbocycles. The Balaban J connectivity index is 3.30. The molecule has 0 saturated heterocycles. The number of aryl methyl sites for hydroxylation is 2. The Morgan fingerprint density at radius 3 is 2.18 bits per heavy atom. The summed E-state index contributed by atoms with van der Waals surface area (Å²) in [6, 6.07) is 5.10. The van der Waals surface area contributed by atoms with E-state index in [1.54, 1.807) is 25.7 Å². The summed E-state index contributed by atoms with van der Waals surface area (Å²) in [7, 11) is 0. The van der Waals surface area contributed by atoms with Crippen molar-refractivity contribution >= 4 is 17.9 Å². The molecule has 0 spiro atoms. The van der Waals surface area contributed by atoms with E-state index in [2.05, 4.69) is 17.6 Å². The van der Waals surface area contributed by atoms with E-state index < -0.39 is 23.3 Å². The van der Waals surface area contributed by atoms with Crippen LogP contribution in [0.2, 0.25) is 0 Å². The fourth-order valence-corrected chi connectivity index (χ4v) is 3.69. The molecule has 0 aliphatic rings. The molecule has 1 aromatic rings. The molecule has 0 aliphatic heterocycles. The normalized spacial score (nSPS) is 12.6. The number of hydrogen-bond acceptors (Lipinski definition) is 4. The third-order valence-electron chi connectivity index (χ3n) is 5.13. The Morgan fingerprint density at radius 1 is 1.00 bits per heavy atom. The summed E-state index contributed by atoms with van der Waals surface area (Å²) in [5.41, 5.74) is 1.69. The van der Waals surface area contributed by atoms with Crippen LogP contribution in [0.5, 0.6) is 0 Å². The van der Waals surface area contributed by atoms with Crippen LogP contribution in [0.15, 0.2) is 18.2 Å². The maximum absolute atomic E-state index is 13.5. The highest BCUT2D eigenvalue weighted by Crippen LogP contribution is 2.27. The van der Waals surface area contributed by atoms with Crippen molar-refractivity contribution in [1.29, 1.82) is 0 Å². The lowest BCUT2D eigenvalue weighted by Gasteiger charge is -2.34. The SMILES string of the molecule is CCCCCCN(C(=O)CNC(=O)OC(C)(C)C)C(C(=O)NC(C)(C)C)c1ccc(C)cc1C. The number of nitrogens with one attached hydrogen (secondary N) is 2. The Hall–Kier alpha value is -2.57. The molecule has 1 rings (SSSR count). The van der Waals surface area contributed by atoms with Crippen molar-refractivity contribution in [2.24, 2.45) is 0 Å². The van der Waals surface area contributed by atoms with Crippen molar-refractivity contribution in [3.05, 3.63) is 34.9 Å². The lowest BCUT2D eigenvalue weighted by Crippen LogP contribution is -2.51. The van der Waals surface area contributed by atoms with Gasteiger partial charge in [0.1, 0.15) is 18.2 Å². The first-order valence-electron chi connectivity index (χ1n) is 12.3. The molecule has 2 N–H and O–H groups in total. The van der Waals surface area contributed by atoms with Crippen LogP contribution in [-0.2, 0) is 14.3 Å². The monoisotopic (exact) mass is 475 g/mol. The van der Waals surface area contributed by atoms with Crippen LogP contribution in [-0.4, -0.2) is 47.0 Å². The van der Waals surface area contributed by atoms with Gasteiger partial charge in [0.2, 0.25) is 11.8 Å². The topological polar surface area (TPSA) is 87.7 Å². The molecule has 1 atom stereocenters.